The molecule has 0 spiro atoms. The van der Waals surface area contributed by atoms with E-state index in [1.807, 2.05) is 83.1 Å². The number of urea groups is 6. The van der Waals surface area contributed by atoms with Crippen molar-refractivity contribution >= 4 is 65.9 Å². The van der Waals surface area contributed by atoms with Crippen LogP contribution < -0.4 is 90.4 Å². The number of alkyl carbamates (subject to hydrolysis) is 1. The molecule has 0 rings (SSSR count). The van der Waals surface area contributed by atoms with Gasteiger partial charge in [-0.3, -0.25) is 19.2 Å². The topological polar surface area (TPSA) is 402 Å². The maximum absolute atomic E-state index is 13.8. The average Bonchev–Trinajstić information content (AvgIpc) is 3.61. The second-order valence-electron chi connectivity index (χ2n) is 25.9. The van der Waals surface area contributed by atoms with Crippen LogP contribution in [0, 0.1) is 35.5 Å². The van der Waals surface area contributed by atoms with Gasteiger partial charge in [0.15, 0.2) is 0 Å². The lowest BCUT2D eigenvalue weighted by molar-refractivity contribution is -0.134. The Balaban J connectivity index is 5.32. The van der Waals surface area contributed by atoms with Gasteiger partial charge in [-0.2, -0.15) is 0 Å². The molecule has 17 N–H and O–H groups in total. The molecule has 0 aromatic heterocycles. The van der Waals surface area contributed by atoms with Crippen molar-refractivity contribution in [2.45, 2.75) is 223 Å². The Morgan fingerprint density at radius 1 is 0.333 bits per heavy atom. The SMILES string of the molecule is CNC(=O)NC[C@H](CC(C)C)NC(=O)NC[C@H](C)NC(=O)NC[C@@H](NC(=O)NC[C@H](CC(C)C)NC(=O)NC[C@H](C)NC(=O)NC[C@@H](NC(=O)[C@H](CC(C)C)NC(=O)[C@H](C)NC(=O)C(CC(C)C)NC(=O)[C@H](C)NC(=O)OC(C)(C)C)C(C)C)C(C)C. The highest BCUT2D eigenvalue weighted by Gasteiger charge is 2.32. The third-order valence-electron chi connectivity index (χ3n) is 13.1. The summed E-state index contributed by atoms with van der Waals surface area (Å²) < 4.78 is 5.23. The van der Waals surface area contributed by atoms with Crippen LogP contribution in [0.5, 0.6) is 0 Å². The van der Waals surface area contributed by atoms with E-state index in [9.17, 15) is 52.7 Å². The predicted octanol–water partition coefficient (Wildman–Crippen LogP) is 2.66. The van der Waals surface area contributed by atoms with E-state index < -0.39 is 120 Å². The molecule has 29 nitrogen and oxygen atoms in total. The van der Waals surface area contributed by atoms with Gasteiger partial charge < -0.3 is 95.1 Å². The number of carbonyl (C=O) groups excluding carboxylic acids is 11. The van der Waals surface area contributed by atoms with E-state index in [1.54, 1.807) is 34.6 Å². The molecule has 0 heterocycles. The van der Waals surface area contributed by atoms with Gasteiger partial charge in [0.1, 0.15) is 29.8 Å². The van der Waals surface area contributed by atoms with Crippen LogP contribution in [0.25, 0.3) is 0 Å². The third-order valence-corrected chi connectivity index (χ3v) is 13.1. The van der Waals surface area contributed by atoms with Crippen LogP contribution in [0.1, 0.15) is 157 Å². The number of ether oxygens (including phenoxy) is 1. The lowest BCUT2D eigenvalue weighted by atomic mass is 10.00. The van der Waals surface area contributed by atoms with E-state index in [2.05, 4.69) is 90.4 Å². The molecule has 1 unspecified atom stereocenters. The molecule has 87 heavy (non-hydrogen) atoms. The van der Waals surface area contributed by atoms with Gasteiger partial charge in [0.05, 0.1) is 6.04 Å². The van der Waals surface area contributed by atoms with Crippen molar-refractivity contribution in [1.29, 1.82) is 0 Å². The summed E-state index contributed by atoms with van der Waals surface area (Å²) in [6.07, 6.45) is 0.846. The second-order valence-corrected chi connectivity index (χ2v) is 25.9. The Labute approximate surface area is 517 Å². The molecule has 0 aliphatic carbocycles. The number of hydrogen-bond acceptors (Lipinski definition) is 12. The molecule has 0 saturated carbocycles. The van der Waals surface area contributed by atoms with Gasteiger partial charge in [-0.05, 0) is 110 Å². The molecule has 29 heteroatoms. The highest BCUT2D eigenvalue weighted by Crippen LogP contribution is 2.12. The minimum absolute atomic E-state index is 0.0174. The van der Waals surface area contributed by atoms with Crippen molar-refractivity contribution in [2.75, 3.05) is 46.3 Å². The summed E-state index contributed by atoms with van der Waals surface area (Å²) in [5.41, 5.74) is -0.790. The quantitative estimate of drug-likeness (QED) is 0.0431. The van der Waals surface area contributed by atoms with Crippen molar-refractivity contribution < 1.29 is 57.5 Å². The predicted molar refractivity (Wildman–Crippen MR) is 335 cm³/mol. The standard InChI is InChI=1S/C58H113N17O12/c1-31(2)21-41(27-62-51(80)59-20)70-54(83)60-26-38(14)67-53(82)65-30-46(36(11)12)75-56(85)63-28-42(22-32(3)4)71-55(84)61-25-37(13)66-52(81)64-29-45(35(9)10)74-50(79)44(24-34(7)8)73-47(76)39(15)68-49(78)43(23-33(5)6)72-48(77)40(16)69-57(86)87-58(17,18)19/h31-46H,21-30H2,1-20H3,(H,68,78)(H,69,86)(H,72,77)(H,73,76)(H,74,79)(H2,59,62,80)(H2,60,70,83)(H2,61,71,84)(H2,63,75,85)(H2,64,66,81)(H2,65,67,82)/t37-,38-,39-,40-,41-,42-,43?,44-,45+,46+/m0/s1. The molecule has 0 aromatic rings. The molecule has 0 aliphatic rings. The Morgan fingerprint density at radius 2 is 0.655 bits per heavy atom. The van der Waals surface area contributed by atoms with Gasteiger partial charge >= 0.3 is 42.3 Å². The zero-order valence-corrected chi connectivity index (χ0v) is 55.7. The summed E-state index contributed by atoms with van der Waals surface area (Å²) in [6, 6.07) is -9.90. The Hall–Kier alpha value is -7.23. The van der Waals surface area contributed by atoms with Crippen molar-refractivity contribution in [2.24, 2.45) is 35.5 Å². The molecule has 0 fully saturated rings. The number of carbonyl (C=O) groups is 11. The Kier molecular flexibility index (Phi) is 37.6. The Morgan fingerprint density at radius 3 is 1.02 bits per heavy atom. The van der Waals surface area contributed by atoms with Crippen LogP contribution in [0.15, 0.2) is 0 Å². The fraction of sp³-hybridized carbons (Fsp3) is 0.810. The molecule has 0 saturated heterocycles. The maximum atomic E-state index is 13.8. The number of amides is 17. The number of nitrogens with one attached hydrogen (secondary N) is 17. The van der Waals surface area contributed by atoms with E-state index in [1.165, 1.54) is 20.9 Å². The summed E-state index contributed by atoms with van der Waals surface area (Å²) in [5.74, 6) is -2.30. The molecule has 0 bridgehead atoms. The van der Waals surface area contributed by atoms with Gasteiger partial charge in [0.2, 0.25) is 23.6 Å². The summed E-state index contributed by atoms with van der Waals surface area (Å²) in [6.45, 7) is 35.0. The molecular weight excluding hydrogens is 1130 g/mol. The van der Waals surface area contributed by atoms with Crippen LogP contribution in [-0.4, -0.2) is 178 Å². The van der Waals surface area contributed by atoms with Crippen LogP contribution in [0.2, 0.25) is 0 Å². The van der Waals surface area contributed by atoms with Gasteiger partial charge in [-0.25, -0.2) is 33.6 Å². The molecule has 0 aliphatic heterocycles. The largest absolute Gasteiger partial charge is 0.444 e. The van der Waals surface area contributed by atoms with E-state index in [4.69, 9.17) is 4.74 Å². The first-order chi connectivity index (χ1) is 40.3. The summed E-state index contributed by atoms with van der Waals surface area (Å²) in [7, 11) is 1.50. The lowest BCUT2D eigenvalue weighted by Gasteiger charge is -2.28. The molecule has 0 aromatic carbocycles. The minimum atomic E-state index is -1.12. The molecule has 17 amide bonds. The van der Waals surface area contributed by atoms with Crippen molar-refractivity contribution in [3.63, 3.8) is 0 Å². The molecule has 502 valence electrons. The lowest BCUT2D eigenvalue weighted by Crippen LogP contribution is -2.59. The third kappa shape index (κ3) is 38.5. The first kappa shape index (κ1) is 79.8. The number of hydrogen-bond donors (Lipinski definition) is 17. The van der Waals surface area contributed by atoms with Crippen LogP contribution in [0.4, 0.5) is 33.6 Å². The second kappa shape index (κ2) is 41.0. The van der Waals surface area contributed by atoms with Crippen molar-refractivity contribution in [1.82, 2.24) is 90.4 Å². The summed E-state index contributed by atoms with van der Waals surface area (Å²) >= 11 is 0. The van der Waals surface area contributed by atoms with Gasteiger partial charge in [0, 0.05) is 76.5 Å². The molecular formula is C58H113N17O12. The fourth-order valence-corrected chi connectivity index (χ4v) is 8.40. The smallest absolute Gasteiger partial charge is 0.408 e. The van der Waals surface area contributed by atoms with Gasteiger partial charge in [-0.1, -0.05) is 83.1 Å². The highest BCUT2D eigenvalue weighted by atomic mass is 16.6. The summed E-state index contributed by atoms with van der Waals surface area (Å²) in [5, 5.41) is 46.7. The first-order valence-corrected chi connectivity index (χ1v) is 30.7. The van der Waals surface area contributed by atoms with E-state index in [0.29, 0.717) is 12.8 Å². The van der Waals surface area contributed by atoms with Crippen LogP contribution in [-0.2, 0) is 23.9 Å². The van der Waals surface area contributed by atoms with Crippen LogP contribution >= 0.6 is 0 Å². The van der Waals surface area contributed by atoms with Crippen molar-refractivity contribution in [3.8, 4) is 0 Å². The monoisotopic (exact) mass is 1240 g/mol. The van der Waals surface area contributed by atoms with Gasteiger partial charge in [0.25, 0.3) is 0 Å². The highest BCUT2D eigenvalue weighted by molar-refractivity contribution is 5.95. The molecule has 10 atom stereocenters. The van der Waals surface area contributed by atoms with Gasteiger partial charge in [-0.15, -0.1) is 0 Å². The normalized spacial score (nSPS) is 14.9. The molecule has 0 radical (unpaired) electrons. The maximum Gasteiger partial charge on any atom is 0.408 e. The zero-order valence-electron chi connectivity index (χ0n) is 55.7. The van der Waals surface area contributed by atoms with Crippen LogP contribution in [0.3, 0.4) is 0 Å². The first-order valence-electron chi connectivity index (χ1n) is 30.7. The van der Waals surface area contributed by atoms with E-state index in [-0.39, 0.29) is 99.7 Å². The minimum Gasteiger partial charge on any atom is -0.444 e. The number of rotatable bonds is 36. The zero-order chi connectivity index (χ0) is 66.9. The fourth-order valence-electron chi connectivity index (χ4n) is 8.40. The Bertz CT molecular complexity index is 2180. The van der Waals surface area contributed by atoms with E-state index in [0.717, 1.165) is 0 Å². The van der Waals surface area contributed by atoms with Crippen molar-refractivity contribution in [3.05, 3.63) is 0 Å². The van der Waals surface area contributed by atoms with E-state index >= 15 is 0 Å². The summed E-state index contributed by atoms with van der Waals surface area (Å²) in [4.78, 5) is 143. The average molecular weight is 1240 g/mol.